The van der Waals surface area contributed by atoms with E-state index in [2.05, 4.69) is 19.4 Å². The Morgan fingerprint density at radius 2 is 2.33 bits per heavy atom. The zero-order valence-electron chi connectivity index (χ0n) is 9.73. The van der Waals surface area contributed by atoms with Crippen LogP contribution >= 0.6 is 23.9 Å². The molecule has 0 radical (unpaired) electrons. The van der Waals surface area contributed by atoms with Gasteiger partial charge in [-0.05, 0) is 6.92 Å². The lowest BCUT2D eigenvalue weighted by Crippen LogP contribution is -2.28. The number of aryl methyl sites for hydroxylation is 1. The normalized spacial score (nSPS) is 10.3. The lowest BCUT2D eigenvalue weighted by Gasteiger charge is -2.03. The molecule has 0 saturated carbocycles. The van der Waals surface area contributed by atoms with E-state index in [-0.39, 0.29) is 0 Å². The molecule has 1 aromatic rings. The fraction of sp³-hybridized carbons (Fsp3) is 0.444. The van der Waals surface area contributed by atoms with E-state index >= 15 is 0 Å². The molecule has 1 amide bonds. The summed E-state index contributed by atoms with van der Waals surface area (Å²) in [4.78, 5) is 28.0. The highest BCUT2D eigenvalue weighted by Gasteiger charge is 2.09. The molecule has 1 heterocycles. The maximum Gasteiger partial charge on any atom is 0.395 e. The summed E-state index contributed by atoms with van der Waals surface area (Å²) in [6, 6.07) is 0. The highest BCUT2D eigenvalue weighted by molar-refractivity contribution is 7.98. The Bertz CT molecular complexity index is 410. The first-order valence-corrected chi connectivity index (χ1v) is 7.07. The van der Waals surface area contributed by atoms with Crippen LogP contribution in [-0.4, -0.2) is 39.2 Å². The van der Waals surface area contributed by atoms with Gasteiger partial charge in [0.2, 0.25) is 0 Å². The van der Waals surface area contributed by atoms with Crippen molar-refractivity contribution >= 4 is 35.8 Å². The van der Waals surface area contributed by atoms with Gasteiger partial charge >= 0.3 is 11.9 Å². The van der Waals surface area contributed by atoms with E-state index in [9.17, 15) is 9.59 Å². The number of carbonyl (C=O) groups is 2. The topological polar surface area (TPSA) is 107 Å². The van der Waals surface area contributed by atoms with Crippen molar-refractivity contribution in [3.63, 3.8) is 0 Å². The number of thioether (sulfide) groups is 1. The van der Waals surface area contributed by atoms with Crippen molar-refractivity contribution in [3.8, 4) is 0 Å². The second kappa shape index (κ2) is 8.01. The van der Waals surface area contributed by atoms with Crippen molar-refractivity contribution in [2.75, 3.05) is 12.3 Å². The van der Waals surface area contributed by atoms with Gasteiger partial charge in [0.05, 0.1) is 12.0 Å². The highest BCUT2D eigenvalue weighted by atomic mass is 32.2. The Labute approximate surface area is 113 Å². The van der Waals surface area contributed by atoms with E-state index in [4.69, 9.17) is 5.11 Å². The molecule has 0 saturated heterocycles. The van der Waals surface area contributed by atoms with Crippen molar-refractivity contribution in [2.45, 2.75) is 12.7 Å². The maximum absolute atomic E-state index is 10.6. The van der Waals surface area contributed by atoms with E-state index in [1.165, 1.54) is 0 Å². The van der Waals surface area contributed by atoms with Gasteiger partial charge in [-0.25, -0.2) is 14.5 Å². The van der Waals surface area contributed by atoms with Crippen LogP contribution in [-0.2, 0) is 15.3 Å². The molecule has 7 nitrogen and oxygen atoms in total. The van der Waals surface area contributed by atoms with Crippen LogP contribution < -0.4 is 9.44 Å². The SMILES string of the molecule is Cc1[nH]cnc1CSCCNSNC(=O)C(=O)O. The summed E-state index contributed by atoms with van der Waals surface area (Å²) in [6.45, 7) is 2.62. The average molecular weight is 290 g/mol. The summed E-state index contributed by atoms with van der Waals surface area (Å²) in [5, 5.41) is 8.29. The molecule has 0 aliphatic carbocycles. The minimum Gasteiger partial charge on any atom is -0.474 e. The highest BCUT2D eigenvalue weighted by Crippen LogP contribution is 2.11. The van der Waals surface area contributed by atoms with Gasteiger partial charge in [0.1, 0.15) is 0 Å². The number of hydrogen-bond donors (Lipinski definition) is 4. The number of aromatic amines is 1. The van der Waals surface area contributed by atoms with E-state index < -0.39 is 11.9 Å². The Hall–Kier alpha value is -1.19. The molecular weight excluding hydrogens is 276 g/mol. The number of imidazole rings is 1. The monoisotopic (exact) mass is 290 g/mol. The van der Waals surface area contributed by atoms with Crippen molar-refractivity contribution < 1.29 is 14.7 Å². The van der Waals surface area contributed by atoms with Crippen LogP contribution in [0.3, 0.4) is 0 Å². The number of rotatable bonds is 7. The number of nitrogens with zero attached hydrogens (tertiary/aromatic N) is 1. The Kier molecular flexibility index (Phi) is 6.61. The average Bonchev–Trinajstić information content (AvgIpc) is 2.73. The maximum atomic E-state index is 10.6. The number of aromatic nitrogens is 2. The molecule has 4 N–H and O–H groups in total. The van der Waals surface area contributed by atoms with Gasteiger partial charge < -0.3 is 10.1 Å². The van der Waals surface area contributed by atoms with Gasteiger partial charge in [0, 0.05) is 35.9 Å². The van der Waals surface area contributed by atoms with E-state index in [0.717, 1.165) is 35.0 Å². The van der Waals surface area contributed by atoms with Crippen LogP contribution in [0.2, 0.25) is 0 Å². The summed E-state index contributed by atoms with van der Waals surface area (Å²) >= 11 is 2.58. The van der Waals surface area contributed by atoms with E-state index in [1.54, 1.807) is 18.1 Å². The molecule has 0 unspecified atom stereocenters. The lowest BCUT2D eigenvalue weighted by atomic mass is 10.4. The molecule has 100 valence electrons. The summed E-state index contributed by atoms with van der Waals surface area (Å²) in [6.07, 6.45) is 1.67. The number of carboxylic acids is 1. The number of nitrogens with one attached hydrogen (secondary N) is 3. The van der Waals surface area contributed by atoms with Crippen molar-refractivity contribution in [2.24, 2.45) is 0 Å². The Balaban J connectivity index is 1.98. The zero-order valence-corrected chi connectivity index (χ0v) is 11.4. The molecule has 0 spiro atoms. The minimum atomic E-state index is -1.49. The quantitative estimate of drug-likeness (QED) is 0.325. The standard InChI is InChI=1S/C9H14N4O3S2/c1-6-7(11-5-10-6)4-17-3-2-12-18-13-8(14)9(15)16/h5,12H,2-4H2,1H3,(H,10,11)(H,13,14)(H,15,16). The zero-order chi connectivity index (χ0) is 13.4. The van der Waals surface area contributed by atoms with Gasteiger partial charge in [-0.3, -0.25) is 9.52 Å². The third kappa shape index (κ3) is 5.43. The Morgan fingerprint density at radius 3 is 2.94 bits per heavy atom. The molecule has 18 heavy (non-hydrogen) atoms. The predicted octanol–water partition coefficient (Wildman–Crippen LogP) is 0.305. The third-order valence-corrected chi connectivity index (χ3v) is 3.54. The van der Waals surface area contributed by atoms with Gasteiger partial charge in [-0.2, -0.15) is 11.8 Å². The third-order valence-electron chi connectivity index (χ3n) is 1.93. The molecule has 1 rings (SSSR count). The van der Waals surface area contributed by atoms with Crippen molar-refractivity contribution in [3.05, 3.63) is 17.7 Å². The number of amides is 1. The summed E-state index contributed by atoms with van der Waals surface area (Å²) < 4.78 is 4.97. The first kappa shape index (κ1) is 14.9. The molecule has 0 aliphatic heterocycles. The van der Waals surface area contributed by atoms with Crippen LogP contribution in [0, 0.1) is 6.92 Å². The first-order valence-electron chi connectivity index (χ1n) is 5.10. The largest absolute Gasteiger partial charge is 0.474 e. The van der Waals surface area contributed by atoms with Crippen LogP contribution in [0.25, 0.3) is 0 Å². The lowest BCUT2D eigenvalue weighted by molar-refractivity contribution is -0.149. The van der Waals surface area contributed by atoms with Crippen molar-refractivity contribution in [1.82, 2.24) is 19.4 Å². The summed E-state index contributed by atoms with van der Waals surface area (Å²) in [7, 11) is 0. The predicted molar refractivity (Wildman–Crippen MR) is 70.9 cm³/mol. The molecule has 0 fully saturated rings. The second-order valence-electron chi connectivity index (χ2n) is 3.26. The van der Waals surface area contributed by atoms with Crippen LogP contribution in [0.4, 0.5) is 0 Å². The van der Waals surface area contributed by atoms with Crippen LogP contribution in [0.5, 0.6) is 0 Å². The number of carboxylic acid groups (broad SMARTS) is 1. The van der Waals surface area contributed by atoms with Gasteiger partial charge in [-0.1, -0.05) is 0 Å². The Morgan fingerprint density at radius 1 is 1.56 bits per heavy atom. The molecule has 0 aromatic carbocycles. The molecule has 0 bridgehead atoms. The van der Waals surface area contributed by atoms with Gasteiger partial charge in [0.25, 0.3) is 0 Å². The number of H-pyrrole nitrogens is 1. The molecule has 1 aromatic heterocycles. The number of hydrogen-bond acceptors (Lipinski definition) is 6. The summed E-state index contributed by atoms with van der Waals surface area (Å²) in [5.41, 5.74) is 2.10. The molecule has 9 heteroatoms. The van der Waals surface area contributed by atoms with Crippen molar-refractivity contribution in [1.29, 1.82) is 0 Å². The van der Waals surface area contributed by atoms with Gasteiger partial charge in [-0.15, -0.1) is 0 Å². The van der Waals surface area contributed by atoms with Crippen LogP contribution in [0.15, 0.2) is 6.33 Å². The fourth-order valence-corrected chi connectivity index (χ4v) is 2.45. The van der Waals surface area contributed by atoms with Crippen LogP contribution in [0.1, 0.15) is 11.4 Å². The molecular formula is C9H14N4O3S2. The van der Waals surface area contributed by atoms with E-state index in [0.29, 0.717) is 6.54 Å². The number of aliphatic carboxylic acids is 1. The van der Waals surface area contributed by atoms with E-state index in [1.807, 2.05) is 6.92 Å². The number of carbonyl (C=O) groups excluding carboxylic acids is 1. The second-order valence-corrected chi connectivity index (χ2v) is 5.06. The molecule has 0 atom stereocenters. The minimum absolute atomic E-state index is 0.651. The summed E-state index contributed by atoms with van der Waals surface area (Å²) in [5.74, 6) is -0.870. The first-order chi connectivity index (χ1) is 8.61. The molecule has 0 aliphatic rings. The van der Waals surface area contributed by atoms with Gasteiger partial charge in [0.15, 0.2) is 0 Å². The smallest absolute Gasteiger partial charge is 0.395 e. The fourth-order valence-electron chi connectivity index (χ4n) is 0.992.